The van der Waals surface area contributed by atoms with Gasteiger partial charge in [-0.05, 0) is 46.8 Å². The van der Waals surface area contributed by atoms with Crippen LogP contribution in [0.3, 0.4) is 0 Å². The Morgan fingerprint density at radius 3 is 1.68 bits per heavy atom. The van der Waals surface area contributed by atoms with E-state index in [9.17, 15) is 0 Å². The van der Waals surface area contributed by atoms with E-state index in [0.717, 1.165) is 66.3 Å². The highest BCUT2D eigenvalue weighted by Gasteiger charge is 2.14. The minimum absolute atomic E-state index is 0.620. The lowest BCUT2D eigenvalue weighted by atomic mass is 10.0. The van der Waals surface area contributed by atoms with Crippen LogP contribution in [0, 0.1) is 0 Å². The van der Waals surface area contributed by atoms with Gasteiger partial charge in [-0.3, -0.25) is 4.98 Å². The molecule has 0 bridgehead atoms. The Kier molecular flexibility index (Phi) is 6.35. The third-order valence-corrected chi connectivity index (χ3v) is 8.40. The van der Waals surface area contributed by atoms with Gasteiger partial charge in [0.05, 0.1) is 11.4 Å². The van der Waals surface area contributed by atoms with Crippen molar-refractivity contribution in [2.45, 2.75) is 0 Å². The molecule has 6 heteroatoms. The predicted octanol–water partition coefficient (Wildman–Crippen LogP) is 10.0. The summed E-state index contributed by atoms with van der Waals surface area (Å²) in [5.74, 6) is 1.93. The van der Waals surface area contributed by atoms with Crippen LogP contribution in [0.15, 0.2) is 156 Å². The molecule has 0 aliphatic rings. The highest BCUT2D eigenvalue weighted by atomic mass is 16.3. The van der Waals surface area contributed by atoms with E-state index < -0.39 is 0 Å². The number of fused-ring (bicyclic) bond motifs is 4. The van der Waals surface area contributed by atoms with E-state index >= 15 is 0 Å². The van der Waals surface area contributed by atoms with Crippen molar-refractivity contribution in [3.05, 3.63) is 152 Å². The minimum Gasteiger partial charge on any atom is -0.438 e. The highest BCUT2D eigenvalue weighted by molar-refractivity contribution is 6.04. The fourth-order valence-electron chi connectivity index (χ4n) is 5.96. The number of rotatable bonds is 5. The molecule has 6 nitrogen and oxygen atoms in total. The normalized spacial score (nSPS) is 11.4. The number of benzene rings is 5. The zero-order valence-electron chi connectivity index (χ0n) is 25.1. The van der Waals surface area contributed by atoms with Crippen LogP contribution in [0.25, 0.3) is 89.5 Å². The molecule has 0 saturated carbocycles. The third kappa shape index (κ3) is 4.98. The lowest BCUT2D eigenvalue weighted by Gasteiger charge is -2.09. The van der Waals surface area contributed by atoms with Gasteiger partial charge in [-0.25, -0.2) is 19.9 Å². The number of hydrogen-bond acceptors (Lipinski definition) is 6. The van der Waals surface area contributed by atoms with Crippen molar-refractivity contribution in [1.29, 1.82) is 0 Å². The first kappa shape index (κ1) is 26.8. The number of hydrogen-bond donors (Lipinski definition) is 0. The zero-order valence-corrected chi connectivity index (χ0v) is 25.1. The molecule has 0 atom stereocenters. The summed E-state index contributed by atoms with van der Waals surface area (Å²) in [4.78, 5) is 24.1. The maximum Gasteiger partial charge on any atom is 0.227 e. The van der Waals surface area contributed by atoms with Gasteiger partial charge in [0.15, 0.2) is 17.5 Å². The fraction of sp³-hybridized carbons (Fsp3) is 0. The number of pyridine rings is 2. The Labute approximate surface area is 270 Å². The quantitative estimate of drug-likeness (QED) is 0.195. The van der Waals surface area contributed by atoms with Crippen molar-refractivity contribution < 1.29 is 4.42 Å². The van der Waals surface area contributed by atoms with Crippen LogP contribution in [-0.4, -0.2) is 24.9 Å². The van der Waals surface area contributed by atoms with Crippen molar-refractivity contribution in [3.8, 4) is 56.7 Å². The Bertz CT molecular complexity index is 2500. The summed E-state index contributed by atoms with van der Waals surface area (Å²) in [6.45, 7) is 0. The van der Waals surface area contributed by atoms with Crippen LogP contribution in [0.5, 0.6) is 0 Å². The molecule has 9 aromatic rings. The van der Waals surface area contributed by atoms with Crippen LogP contribution in [0.1, 0.15) is 0 Å². The molecule has 4 heterocycles. The number of para-hydroxylation sites is 1. The number of furan rings is 1. The van der Waals surface area contributed by atoms with Crippen molar-refractivity contribution in [2.75, 3.05) is 0 Å². The van der Waals surface area contributed by atoms with Crippen LogP contribution in [0.2, 0.25) is 0 Å². The summed E-state index contributed by atoms with van der Waals surface area (Å²) >= 11 is 0. The Morgan fingerprint density at radius 1 is 0.383 bits per heavy atom. The van der Waals surface area contributed by atoms with Gasteiger partial charge in [-0.2, -0.15) is 0 Å². The van der Waals surface area contributed by atoms with E-state index in [0.29, 0.717) is 23.2 Å². The van der Waals surface area contributed by atoms with E-state index in [1.165, 1.54) is 0 Å². The molecule has 5 aromatic carbocycles. The number of nitrogens with zero attached hydrogens (tertiary/aromatic N) is 5. The van der Waals surface area contributed by atoms with Gasteiger partial charge in [-0.1, -0.05) is 115 Å². The first-order valence-electron chi connectivity index (χ1n) is 15.4. The third-order valence-electron chi connectivity index (χ3n) is 8.40. The second-order valence-corrected chi connectivity index (χ2v) is 11.4. The van der Waals surface area contributed by atoms with E-state index in [2.05, 4.69) is 60.7 Å². The summed E-state index contributed by atoms with van der Waals surface area (Å²) in [6, 6.07) is 49.0. The number of aromatic nitrogens is 5. The first-order valence-corrected chi connectivity index (χ1v) is 15.4. The lowest BCUT2D eigenvalue weighted by molar-refractivity contribution is 0.654. The Hall–Kier alpha value is -6.53. The molecule has 0 aliphatic heterocycles. The van der Waals surface area contributed by atoms with Gasteiger partial charge in [0.2, 0.25) is 5.71 Å². The molecule has 0 unspecified atom stereocenters. The Balaban J connectivity index is 1.03. The molecule has 0 saturated heterocycles. The van der Waals surface area contributed by atoms with Crippen molar-refractivity contribution in [1.82, 2.24) is 24.9 Å². The van der Waals surface area contributed by atoms with E-state index in [1.807, 2.05) is 91.1 Å². The van der Waals surface area contributed by atoms with Gasteiger partial charge in [0.1, 0.15) is 5.58 Å². The van der Waals surface area contributed by atoms with Gasteiger partial charge >= 0.3 is 0 Å². The van der Waals surface area contributed by atoms with Crippen LogP contribution in [0.4, 0.5) is 0 Å². The topological polar surface area (TPSA) is 77.6 Å². The monoisotopic (exact) mass is 603 g/mol. The summed E-state index contributed by atoms with van der Waals surface area (Å²) < 4.78 is 6.01. The lowest BCUT2D eigenvalue weighted by Crippen LogP contribution is -2.00. The summed E-state index contributed by atoms with van der Waals surface area (Å²) in [5, 5.41) is 4.21. The maximum absolute atomic E-state index is 6.01. The van der Waals surface area contributed by atoms with E-state index in [4.69, 9.17) is 29.3 Å². The van der Waals surface area contributed by atoms with Gasteiger partial charge in [0, 0.05) is 39.0 Å². The van der Waals surface area contributed by atoms with Crippen LogP contribution >= 0.6 is 0 Å². The molecule has 4 aromatic heterocycles. The highest BCUT2D eigenvalue weighted by Crippen LogP contribution is 2.32. The SMILES string of the molecule is c1ccc(-c2nc(-c3ccccc3)nc(-c3ccc(-c4ccc5cc(-c6ccc7c(n6)oc6ccccc67)ncc5c4)cc3)n2)cc1. The molecule has 0 aliphatic carbocycles. The molecular weight excluding hydrogens is 578 g/mol. The van der Waals surface area contributed by atoms with Gasteiger partial charge in [-0.15, -0.1) is 0 Å². The zero-order chi connectivity index (χ0) is 31.2. The van der Waals surface area contributed by atoms with Crippen molar-refractivity contribution in [2.24, 2.45) is 0 Å². The molecule has 0 amide bonds. The predicted molar refractivity (Wildman–Crippen MR) is 187 cm³/mol. The van der Waals surface area contributed by atoms with Gasteiger partial charge in [0.25, 0.3) is 0 Å². The van der Waals surface area contributed by atoms with Gasteiger partial charge < -0.3 is 4.42 Å². The summed E-state index contributed by atoms with van der Waals surface area (Å²) in [7, 11) is 0. The molecule has 0 fully saturated rings. The second kappa shape index (κ2) is 11.1. The average molecular weight is 604 g/mol. The Morgan fingerprint density at radius 2 is 0.979 bits per heavy atom. The largest absolute Gasteiger partial charge is 0.438 e. The molecule has 0 N–H and O–H groups in total. The molecule has 47 heavy (non-hydrogen) atoms. The molecular formula is C41H25N5O. The average Bonchev–Trinajstić information content (AvgIpc) is 3.53. The van der Waals surface area contributed by atoms with Crippen molar-refractivity contribution in [3.63, 3.8) is 0 Å². The standard InChI is InChI=1S/C41H25N5O/c1-3-9-27(10-4-1)38-44-39(28-11-5-2-6-12-28)46-40(45-38)29-17-15-26(16-18-29)30-19-20-31-24-36(42-25-32(31)23-30)35-22-21-34-33-13-7-8-14-37(33)47-41(34)43-35/h1-25H. The van der Waals surface area contributed by atoms with Crippen LogP contribution < -0.4 is 0 Å². The summed E-state index contributed by atoms with van der Waals surface area (Å²) in [5.41, 5.74) is 8.05. The molecule has 220 valence electrons. The maximum atomic E-state index is 6.01. The van der Waals surface area contributed by atoms with Crippen LogP contribution in [-0.2, 0) is 0 Å². The van der Waals surface area contributed by atoms with E-state index in [-0.39, 0.29) is 0 Å². The smallest absolute Gasteiger partial charge is 0.227 e. The minimum atomic E-state index is 0.620. The van der Waals surface area contributed by atoms with E-state index in [1.54, 1.807) is 0 Å². The summed E-state index contributed by atoms with van der Waals surface area (Å²) in [6.07, 6.45) is 1.91. The first-order chi connectivity index (χ1) is 23.2. The molecule has 0 spiro atoms. The molecule has 9 rings (SSSR count). The fourth-order valence-corrected chi connectivity index (χ4v) is 5.96. The second-order valence-electron chi connectivity index (χ2n) is 11.4. The van der Waals surface area contributed by atoms with Crippen molar-refractivity contribution >= 4 is 32.8 Å². The molecule has 0 radical (unpaired) electrons.